The van der Waals surface area contributed by atoms with Crippen LogP contribution in [-0.4, -0.2) is 25.3 Å². The molecule has 2 nitrogen and oxygen atoms in total. The highest BCUT2D eigenvalue weighted by Crippen LogP contribution is 2.08. The minimum atomic E-state index is 0.349. The fourth-order valence-electron chi connectivity index (χ4n) is 1.45. The Balaban J connectivity index is 3.30. The number of rotatable bonds is 8. The molecule has 0 spiro atoms. The molecule has 0 aliphatic rings. The molecule has 0 aromatic rings. The van der Waals surface area contributed by atoms with Crippen molar-refractivity contribution in [1.29, 1.82) is 0 Å². The van der Waals surface area contributed by atoms with Crippen LogP contribution in [0.3, 0.4) is 0 Å². The molecule has 1 N–H and O–H groups in total. The lowest BCUT2D eigenvalue weighted by Crippen LogP contribution is -2.31. The molecule has 0 aromatic carbocycles. The highest BCUT2D eigenvalue weighted by atomic mass is 16.5. The van der Waals surface area contributed by atoms with Crippen molar-refractivity contribution in [3.05, 3.63) is 0 Å². The molecule has 0 aliphatic carbocycles. The third-order valence-corrected chi connectivity index (χ3v) is 2.50. The first kappa shape index (κ1) is 13.9. The Morgan fingerprint density at radius 3 is 2.29 bits per heavy atom. The quantitative estimate of drug-likeness (QED) is 0.610. The monoisotopic (exact) mass is 201 g/mol. The third kappa shape index (κ3) is 8.52. The molecule has 0 saturated carbocycles. The lowest BCUT2D eigenvalue weighted by molar-refractivity contribution is 0.0792. The molecule has 14 heavy (non-hydrogen) atoms. The van der Waals surface area contributed by atoms with E-state index in [1.165, 1.54) is 12.8 Å². The van der Waals surface area contributed by atoms with Crippen LogP contribution < -0.4 is 5.32 Å². The summed E-state index contributed by atoms with van der Waals surface area (Å²) in [5, 5.41) is 3.48. The van der Waals surface area contributed by atoms with Crippen molar-refractivity contribution in [3.8, 4) is 0 Å². The molecule has 0 rings (SSSR count). The summed E-state index contributed by atoms with van der Waals surface area (Å²) in [6.45, 7) is 12.7. The van der Waals surface area contributed by atoms with Crippen molar-refractivity contribution in [2.45, 2.75) is 59.6 Å². The second-order valence-electron chi connectivity index (χ2n) is 4.52. The van der Waals surface area contributed by atoms with Gasteiger partial charge in [-0.25, -0.2) is 0 Å². The summed E-state index contributed by atoms with van der Waals surface area (Å²) in [4.78, 5) is 0. The van der Waals surface area contributed by atoms with Gasteiger partial charge in [-0.05, 0) is 33.1 Å². The first-order valence-electron chi connectivity index (χ1n) is 5.91. The Kier molecular flexibility index (Phi) is 8.20. The van der Waals surface area contributed by atoms with Gasteiger partial charge in [0.05, 0.1) is 12.7 Å². The fourth-order valence-corrected chi connectivity index (χ4v) is 1.45. The minimum absolute atomic E-state index is 0.349. The van der Waals surface area contributed by atoms with E-state index in [1.54, 1.807) is 0 Å². The standard InChI is InChI=1S/C12H27NO/c1-6-11(4)9-12(5)13-7-8-14-10(2)3/h10-13H,6-9H2,1-5H3. The van der Waals surface area contributed by atoms with Gasteiger partial charge < -0.3 is 10.1 Å². The van der Waals surface area contributed by atoms with E-state index in [0.717, 1.165) is 19.1 Å². The van der Waals surface area contributed by atoms with Crippen molar-refractivity contribution in [2.24, 2.45) is 5.92 Å². The van der Waals surface area contributed by atoms with Crippen LogP contribution in [0.4, 0.5) is 0 Å². The molecule has 0 saturated heterocycles. The zero-order chi connectivity index (χ0) is 11.0. The maximum atomic E-state index is 5.46. The fraction of sp³-hybridized carbons (Fsp3) is 1.00. The molecule has 2 atom stereocenters. The molecule has 0 fully saturated rings. The topological polar surface area (TPSA) is 21.3 Å². The molecule has 0 bridgehead atoms. The van der Waals surface area contributed by atoms with Gasteiger partial charge in [0, 0.05) is 12.6 Å². The van der Waals surface area contributed by atoms with Gasteiger partial charge in [-0.2, -0.15) is 0 Å². The van der Waals surface area contributed by atoms with E-state index in [1.807, 2.05) is 0 Å². The summed E-state index contributed by atoms with van der Waals surface area (Å²) in [5.74, 6) is 0.823. The van der Waals surface area contributed by atoms with Gasteiger partial charge in [0.1, 0.15) is 0 Å². The predicted octanol–water partition coefficient (Wildman–Crippen LogP) is 2.83. The van der Waals surface area contributed by atoms with E-state index < -0.39 is 0 Å². The first-order valence-corrected chi connectivity index (χ1v) is 5.91. The van der Waals surface area contributed by atoms with Gasteiger partial charge in [-0.15, -0.1) is 0 Å². The molecule has 0 aromatic heterocycles. The summed E-state index contributed by atoms with van der Waals surface area (Å²) in [6, 6.07) is 0.612. The summed E-state index contributed by atoms with van der Waals surface area (Å²) in [6.07, 6.45) is 2.88. The molecular weight excluding hydrogens is 174 g/mol. The zero-order valence-corrected chi connectivity index (χ0v) is 10.5. The molecule has 86 valence electrons. The summed E-state index contributed by atoms with van der Waals surface area (Å²) in [7, 11) is 0. The average molecular weight is 201 g/mol. The minimum Gasteiger partial charge on any atom is -0.377 e. The van der Waals surface area contributed by atoms with Gasteiger partial charge in [0.25, 0.3) is 0 Å². The van der Waals surface area contributed by atoms with Crippen molar-refractivity contribution in [2.75, 3.05) is 13.2 Å². The van der Waals surface area contributed by atoms with Crippen LogP contribution in [0.5, 0.6) is 0 Å². The SMILES string of the molecule is CCC(C)CC(C)NCCOC(C)C. The van der Waals surface area contributed by atoms with Gasteiger partial charge in [0.2, 0.25) is 0 Å². The highest BCUT2D eigenvalue weighted by molar-refractivity contribution is 4.64. The Hall–Kier alpha value is -0.0800. The van der Waals surface area contributed by atoms with Crippen LogP contribution in [0.1, 0.15) is 47.5 Å². The largest absolute Gasteiger partial charge is 0.377 e. The number of hydrogen-bond acceptors (Lipinski definition) is 2. The van der Waals surface area contributed by atoms with Gasteiger partial charge >= 0.3 is 0 Å². The second kappa shape index (κ2) is 8.25. The molecule has 2 heteroatoms. The molecule has 0 aliphatic heterocycles. The van der Waals surface area contributed by atoms with Crippen LogP contribution in [0.25, 0.3) is 0 Å². The van der Waals surface area contributed by atoms with Crippen LogP contribution in [-0.2, 0) is 4.74 Å². The Labute approximate surface area is 89.4 Å². The van der Waals surface area contributed by atoms with Gasteiger partial charge in [0.15, 0.2) is 0 Å². The lowest BCUT2D eigenvalue weighted by atomic mass is 10.0. The summed E-state index contributed by atoms with van der Waals surface area (Å²) < 4.78 is 5.46. The van der Waals surface area contributed by atoms with E-state index in [-0.39, 0.29) is 0 Å². The molecular formula is C12H27NO. The van der Waals surface area contributed by atoms with Crippen LogP contribution in [0.2, 0.25) is 0 Å². The highest BCUT2D eigenvalue weighted by Gasteiger charge is 2.05. The van der Waals surface area contributed by atoms with E-state index in [0.29, 0.717) is 12.1 Å². The van der Waals surface area contributed by atoms with Crippen molar-refractivity contribution in [1.82, 2.24) is 5.32 Å². The van der Waals surface area contributed by atoms with Gasteiger partial charge in [-0.1, -0.05) is 20.3 Å². The van der Waals surface area contributed by atoms with Crippen LogP contribution in [0, 0.1) is 5.92 Å². The Bertz CT molecular complexity index is 125. The van der Waals surface area contributed by atoms with Crippen LogP contribution in [0.15, 0.2) is 0 Å². The van der Waals surface area contributed by atoms with Crippen molar-refractivity contribution >= 4 is 0 Å². The maximum Gasteiger partial charge on any atom is 0.0594 e. The molecule has 0 amide bonds. The van der Waals surface area contributed by atoms with E-state index >= 15 is 0 Å². The van der Waals surface area contributed by atoms with E-state index in [4.69, 9.17) is 4.74 Å². The average Bonchev–Trinajstić information content (AvgIpc) is 2.12. The smallest absolute Gasteiger partial charge is 0.0594 e. The van der Waals surface area contributed by atoms with Crippen LogP contribution >= 0.6 is 0 Å². The van der Waals surface area contributed by atoms with Gasteiger partial charge in [-0.3, -0.25) is 0 Å². The Morgan fingerprint density at radius 1 is 1.14 bits per heavy atom. The number of nitrogens with one attached hydrogen (secondary N) is 1. The maximum absolute atomic E-state index is 5.46. The number of hydrogen-bond donors (Lipinski definition) is 1. The number of ether oxygens (including phenoxy) is 1. The summed E-state index contributed by atoms with van der Waals surface area (Å²) >= 11 is 0. The lowest BCUT2D eigenvalue weighted by Gasteiger charge is -2.17. The summed E-state index contributed by atoms with van der Waals surface area (Å²) in [5.41, 5.74) is 0. The predicted molar refractivity (Wildman–Crippen MR) is 62.6 cm³/mol. The normalized spacial score (nSPS) is 15.9. The Morgan fingerprint density at radius 2 is 1.79 bits per heavy atom. The molecule has 2 unspecified atom stereocenters. The molecule has 0 heterocycles. The zero-order valence-electron chi connectivity index (χ0n) is 10.5. The van der Waals surface area contributed by atoms with E-state index in [2.05, 4.69) is 39.9 Å². The third-order valence-electron chi connectivity index (χ3n) is 2.50. The van der Waals surface area contributed by atoms with Crippen molar-refractivity contribution < 1.29 is 4.74 Å². The van der Waals surface area contributed by atoms with E-state index in [9.17, 15) is 0 Å². The first-order chi connectivity index (χ1) is 6.56. The van der Waals surface area contributed by atoms with Crippen molar-refractivity contribution in [3.63, 3.8) is 0 Å². The molecule has 0 radical (unpaired) electrons. The second-order valence-corrected chi connectivity index (χ2v) is 4.52.